The van der Waals surface area contributed by atoms with Crippen molar-refractivity contribution in [2.24, 2.45) is 0 Å². The lowest BCUT2D eigenvalue weighted by Crippen LogP contribution is -2.52. The van der Waals surface area contributed by atoms with E-state index in [4.69, 9.17) is 0 Å². The van der Waals surface area contributed by atoms with Gasteiger partial charge >= 0.3 is 0 Å². The molecule has 2 aliphatic heterocycles. The second-order valence-corrected chi connectivity index (χ2v) is 5.20. The first kappa shape index (κ1) is 11.7. The van der Waals surface area contributed by atoms with Crippen LogP contribution in [0.1, 0.15) is 32.1 Å². The van der Waals surface area contributed by atoms with E-state index in [-0.39, 0.29) is 5.56 Å². The van der Waals surface area contributed by atoms with Crippen molar-refractivity contribution in [1.29, 1.82) is 0 Å². The van der Waals surface area contributed by atoms with Crippen LogP contribution in [0, 0.1) is 0 Å². The number of aromatic amines is 1. The van der Waals surface area contributed by atoms with E-state index in [1.165, 1.54) is 19.3 Å². The molecule has 5 nitrogen and oxygen atoms in total. The first-order valence-corrected chi connectivity index (χ1v) is 6.90. The molecule has 0 amide bonds. The number of nitrogens with zero attached hydrogens (tertiary/aromatic N) is 2. The summed E-state index contributed by atoms with van der Waals surface area (Å²) in [6.07, 6.45) is 9.29. The van der Waals surface area contributed by atoms with Gasteiger partial charge in [-0.15, -0.1) is 0 Å². The summed E-state index contributed by atoms with van der Waals surface area (Å²) in [6, 6.07) is 0.948. The summed E-state index contributed by atoms with van der Waals surface area (Å²) in [5.74, 6) is 0.593. The Morgan fingerprint density at radius 3 is 3.00 bits per heavy atom. The monoisotopic (exact) mass is 248 g/mol. The SMILES string of the molecule is O=c1[nH]ccnc1N1CCCCC1C1CCCN1. The highest BCUT2D eigenvalue weighted by molar-refractivity contribution is 5.38. The summed E-state index contributed by atoms with van der Waals surface area (Å²) in [6.45, 7) is 2.05. The summed E-state index contributed by atoms with van der Waals surface area (Å²) in [7, 11) is 0. The van der Waals surface area contributed by atoms with E-state index in [1.807, 2.05) is 0 Å². The van der Waals surface area contributed by atoms with Crippen LogP contribution in [-0.2, 0) is 0 Å². The maximum Gasteiger partial charge on any atom is 0.290 e. The molecule has 0 aromatic carbocycles. The van der Waals surface area contributed by atoms with E-state index in [0.717, 1.165) is 25.9 Å². The van der Waals surface area contributed by atoms with Crippen molar-refractivity contribution in [2.75, 3.05) is 18.0 Å². The number of piperidine rings is 1. The standard InChI is InChI=1S/C13H20N4O/c18-13-12(15-7-8-16-13)17-9-2-1-5-11(17)10-4-3-6-14-10/h7-8,10-11,14H,1-6,9H2,(H,16,18). The van der Waals surface area contributed by atoms with Crippen LogP contribution in [0.15, 0.2) is 17.2 Å². The molecule has 3 rings (SSSR count). The summed E-state index contributed by atoms with van der Waals surface area (Å²) < 4.78 is 0. The highest BCUT2D eigenvalue weighted by Gasteiger charge is 2.33. The Balaban J connectivity index is 1.87. The zero-order valence-electron chi connectivity index (χ0n) is 10.6. The molecule has 2 aliphatic rings. The Kier molecular flexibility index (Phi) is 3.32. The van der Waals surface area contributed by atoms with Crippen molar-refractivity contribution in [1.82, 2.24) is 15.3 Å². The van der Waals surface area contributed by atoms with E-state index in [0.29, 0.717) is 17.9 Å². The molecule has 1 aromatic heterocycles. The fraction of sp³-hybridized carbons (Fsp3) is 0.692. The molecule has 0 saturated carbocycles. The van der Waals surface area contributed by atoms with Crippen LogP contribution >= 0.6 is 0 Å². The van der Waals surface area contributed by atoms with Gasteiger partial charge in [0.15, 0.2) is 5.82 Å². The van der Waals surface area contributed by atoms with E-state index >= 15 is 0 Å². The largest absolute Gasteiger partial charge is 0.347 e. The topological polar surface area (TPSA) is 61.0 Å². The lowest BCUT2D eigenvalue weighted by molar-refractivity contribution is 0.375. The molecule has 2 saturated heterocycles. The number of hydrogen-bond donors (Lipinski definition) is 2. The molecule has 0 aliphatic carbocycles. The van der Waals surface area contributed by atoms with Crippen LogP contribution in [0.25, 0.3) is 0 Å². The molecule has 2 atom stereocenters. The van der Waals surface area contributed by atoms with Gasteiger partial charge in [0.2, 0.25) is 0 Å². The van der Waals surface area contributed by atoms with Gasteiger partial charge in [-0.25, -0.2) is 4.98 Å². The number of H-pyrrole nitrogens is 1. The number of aromatic nitrogens is 2. The Bertz CT molecular complexity index is 452. The highest BCUT2D eigenvalue weighted by atomic mass is 16.1. The molecule has 0 bridgehead atoms. The predicted octanol–water partition coefficient (Wildman–Crippen LogP) is 0.881. The fourth-order valence-electron chi connectivity index (χ4n) is 3.23. The fourth-order valence-corrected chi connectivity index (χ4v) is 3.23. The van der Waals surface area contributed by atoms with Gasteiger partial charge in [-0.2, -0.15) is 0 Å². The maximum atomic E-state index is 11.9. The number of nitrogens with one attached hydrogen (secondary N) is 2. The van der Waals surface area contributed by atoms with Crippen LogP contribution < -0.4 is 15.8 Å². The van der Waals surface area contributed by atoms with E-state index < -0.39 is 0 Å². The average molecular weight is 248 g/mol. The quantitative estimate of drug-likeness (QED) is 0.815. The molecule has 0 radical (unpaired) electrons. The van der Waals surface area contributed by atoms with Crippen LogP contribution in [0.3, 0.4) is 0 Å². The third-order valence-electron chi connectivity index (χ3n) is 4.07. The molecule has 18 heavy (non-hydrogen) atoms. The van der Waals surface area contributed by atoms with Crippen LogP contribution in [0.2, 0.25) is 0 Å². The number of anilines is 1. The van der Waals surface area contributed by atoms with Gasteiger partial charge in [-0.05, 0) is 38.6 Å². The number of rotatable bonds is 2. The summed E-state index contributed by atoms with van der Waals surface area (Å²) in [4.78, 5) is 21.1. The van der Waals surface area contributed by atoms with Crippen LogP contribution in [0.5, 0.6) is 0 Å². The first-order valence-electron chi connectivity index (χ1n) is 6.90. The maximum absolute atomic E-state index is 11.9. The van der Waals surface area contributed by atoms with Gasteiger partial charge in [0.25, 0.3) is 5.56 Å². The van der Waals surface area contributed by atoms with Crippen molar-refractivity contribution in [3.63, 3.8) is 0 Å². The predicted molar refractivity (Wildman–Crippen MR) is 70.9 cm³/mol. The average Bonchev–Trinajstić information content (AvgIpc) is 2.93. The minimum Gasteiger partial charge on any atom is -0.347 e. The minimum atomic E-state index is -0.0672. The van der Waals surface area contributed by atoms with Gasteiger partial charge < -0.3 is 15.2 Å². The molecule has 98 valence electrons. The normalized spacial score (nSPS) is 28.6. The van der Waals surface area contributed by atoms with Gasteiger partial charge in [0, 0.05) is 31.0 Å². The van der Waals surface area contributed by atoms with Crippen LogP contribution in [-0.4, -0.2) is 35.1 Å². The lowest BCUT2D eigenvalue weighted by Gasteiger charge is -2.39. The zero-order valence-corrected chi connectivity index (χ0v) is 10.6. The van der Waals surface area contributed by atoms with Crippen molar-refractivity contribution >= 4 is 5.82 Å². The molecule has 2 fully saturated rings. The molecular formula is C13H20N4O. The minimum absolute atomic E-state index is 0.0672. The van der Waals surface area contributed by atoms with Gasteiger partial charge in [-0.1, -0.05) is 0 Å². The summed E-state index contributed by atoms with van der Waals surface area (Å²) >= 11 is 0. The van der Waals surface area contributed by atoms with Crippen LogP contribution in [0.4, 0.5) is 5.82 Å². The third kappa shape index (κ3) is 2.14. The number of hydrogen-bond acceptors (Lipinski definition) is 4. The third-order valence-corrected chi connectivity index (χ3v) is 4.07. The van der Waals surface area contributed by atoms with E-state index in [2.05, 4.69) is 20.2 Å². The molecule has 1 aromatic rings. The van der Waals surface area contributed by atoms with Gasteiger partial charge in [0.05, 0.1) is 0 Å². The molecule has 0 spiro atoms. The molecular weight excluding hydrogens is 228 g/mol. The first-order chi connectivity index (χ1) is 8.86. The van der Waals surface area contributed by atoms with Gasteiger partial charge in [0.1, 0.15) is 0 Å². The second kappa shape index (κ2) is 5.10. The second-order valence-electron chi connectivity index (χ2n) is 5.20. The Morgan fingerprint density at radius 2 is 2.22 bits per heavy atom. The Morgan fingerprint density at radius 1 is 1.28 bits per heavy atom. The van der Waals surface area contributed by atoms with E-state index in [1.54, 1.807) is 12.4 Å². The van der Waals surface area contributed by atoms with Gasteiger partial charge in [-0.3, -0.25) is 4.79 Å². The highest BCUT2D eigenvalue weighted by Crippen LogP contribution is 2.26. The van der Waals surface area contributed by atoms with Crippen molar-refractivity contribution in [2.45, 2.75) is 44.2 Å². The molecule has 2 N–H and O–H groups in total. The Hall–Kier alpha value is -1.36. The molecule has 3 heterocycles. The molecule has 5 heteroatoms. The smallest absolute Gasteiger partial charge is 0.290 e. The Labute approximate surface area is 107 Å². The lowest BCUT2D eigenvalue weighted by atomic mass is 9.94. The zero-order chi connectivity index (χ0) is 12.4. The van der Waals surface area contributed by atoms with Crippen molar-refractivity contribution in [3.05, 3.63) is 22.7 Å². The summed E-state index contributed by atoms with van der Waals surface area (Å²) in [5, 5.41) is 3.56. The van der Waals surface area contributed by atoms with Crippen molar-refractivity contribution < 1.29 is 0 Å². The van der Waals surface area contributed by atoms with Crippen molar-refractivity contribution in [3.8, 4) is 0 Å². The molecule has 2 unspecified atom stereocenters. The van der Waals surface area contributed by atoms with E-state index in [9.17, 15) is 4.79 Å². The summed E-state index contributed by atoms with van der Waals surface area (Å²) in [5.41, 5.74) is -0.0672.